The molecule has 0 unspecified atom stereocenters. The van der Waals surface area contributed by atoms with E-state index >= 15 is 0 Å². The Morgan fingerprint density at radius 3 is 2.35 bits per heavy atom. The molecule has 0 aliphatic carbocycles. The minimum absolute atomic E-state index is 0.208. The van der Waals surface area contributed by atoms with Crippen molar-refractivity contribution in [2.75, 3.05) is 16.6 Å². The second kappa shape index (κ2) is 6.15. The summed E-state index contributed by atoms with van der Waals surface area (Å²) in [4.78, 5) is 0.208. The Morgan fingerprint density at radius 1 is 1.05 bits per heavy atom. The summed E-state index contributed by atoms with van der Waals surface area (Å²) in [6, 6.07) is 13.2. The van der Waals surface area contributed by atoms with Crippen molar-refractivity contribution in [3.8, 4) is 0 Å². The van der Waals surface area contributed by atoms with Gasteiger partial charge in [0.2, 0.25) is 0 Å². The van der Waals surface area contributed by atoms with E-state index in [4.69, 9.17) is 11.6 Å². The summed E-state index contributed by atoms with van der Waals surface area (Å²) < 4.78 is 26.9. The minimum atomic E-state index is -3.60. The smallest absolute Gasteiger partial charge is 0.261 e. The van der Waals surface area contributed by atoms with Gasteiger partial charge in [0, 0.05) is 17.3 Å². The van der Waals surface area contributed by atoms with E-state index in [0.717, 1.165) is 12.2 Å². The number of anilines is 2. The van der Waals surface area contributed by atoms with Crippen LogP contribution >= 0.6 is 11.6 Å². The molecule has 0 aromatic heterocycles. The van der Waals surface area contributed by atoms with Crippen molar-refractivity contribution in [1.29, 1.82) is 0 Å². The van der Waals surface area contributed by atoms with Gasteiger partial charge < -0.3 is 5.32 Å². The molecule has 0 saturated heterocycles. The van der Waals surface area contributed by atoms with Crippen molar-refractivity contribution in [2.24, 2.45) is 0 Å². The van der Waals surface area contributed by atoms with E-state index < -0.39 is 10.0 Å². The predicted molar refractivity (Wildman–Crippen MR) is 82.9 cm³/mol. The maximum Gasteiger partial charge on any atom is 0.261 e. The fourth-order valence-electron chi connectivity index (χ4n) is 1.72. The number of hydrogen-bond acceptors (Lipinski definition) is 3. The van der Waals surface area contributed by atoms with Gasteiger partial charge in [-0.05, 0) is 49.4 Å². The zero-order valence-corrected chi connectivity index (χ0v) is 12.5. The number of sulfonamides is 1. The van der Waals surface area contributed by atoms with E-state index in [1.807, 2.05) is 6.92 Å². The highest BCUT2D eigenvalue weighted by Crippen LogP contribution is 2.20. The molecule has 0 heterocycles. The van der Waals surface area contributed by atoms with Gasteiger partial charge in [0.1, 0.15) is 0 Å². The normalized spacial score (nSPS) is 11.1. The van der Waals surface area contributed by atoms with Crippen molar-refractivity contribution < 1.29 is 8.42 Å². The largest absolute Gasteiger partial charge is 0.385 e. The van der Waals surface area contributed by atoms with Crippen LogP contribution in [0.15, 0.2) is 53.4 Å². The van der Waals surface area contributed by atoms with Crippen LogP contribution in [-0.4, -0.2) is 15.0 Å². The Bertz CT molecular complexity index is 685. The summed E-state index contributed by atoms with van der Waals surface area (Å²) in [5.74, 6) is 0. The molecule has 0 aliphatic heterocycles. The van der Waals surface area contributed by atoms with Gasteiger partial charge in [0.25, 0.3) is 10.0 Å². The fourth-order valence-corrected chi connectivity index (χ4v) is 2.96. The van der Waals surface area contributed by atoms with Crippen LogP contribution in [0.25, 0.3) is 0 Å². The molecule has 0 amide bonds. The van der Waals surface area contributed by atoms with Gasteiger partial charge in [-0.15, -0.1) is 0 Å². The zero-order chi connectivity index (χ0) is 14.6. The number of benzene rings is 2. The SMILES string of the molecule is CCNc1ccc(S(=O)(=O)Nc2cccc(Cl)c2)cc1. The van der Waals surface area contributed by atoms with Crippen molar-refractivity contribution in [2.45, 2.75) is 11.8 Å². The Kier molecular flexibility index (Phi) is 4.52. The molecular weight excluding hydrogens is 296 g/mol. The molecule has 0 atom stereocenters. The van der Waals surface area contributed by atoms with Crippen LogP contribution in [0.5, 0.6) is 0 Å². The highest BCUT2D eigenvalue weighted by atomic mass is 35.5. The summed E-state index contributed by atoms with van der Waals surface area (Å²) in [7, 11) is -3.60. The number of rotatable bonds is 5. The standard InChI is InChI=1S/C14H15ClN2O2S/c1-2-16-12-6-8-14(9-7-12)20(18,19)17-13-5-3-4-11(15)10-13/h3-10,16-17H,2H2,1H3. The van der Waals surface area contributed by atoms with Gasteiger partial charge in [-0.3, -0.25) is 4.72 Å². The first kappa shape index (κ1) is 14.7. The number of halogens is 1. The average Bonchev–Trinajstić information content (AvgIpc) is 2.39. The molecular formula is C14H15ClN2O2S. The van der Waals surface area contributed by atoms with Gasteiger partial charge in [-0.1, -0.05) is 17.7 Å². The molecule has 0 saturated carbocycles. The highest BCUT2D eigenvalue weighted by molar-refractivity contribution is 7.92. The Morgan fingerprint density at radius 2 is 1.75 bits per heavy atom. The molecule has 0 radical (unpaired) electrons. The Labute approximate surface area is 123 Å². The fraction of sp³-hybridized carbons (Fsp3) is 0.143. The first-order valence-corrected chi connectivity index (χ1v) is 8.00. The van der Waals surface area contributed by atoms with Gasteiger partial charge in [-0.2, -0.15) is 0 Å². The first-order valence-electron chi connectivity index (χ1n) is 6.13. The minimum Gasteiger partial charge on any atom is -0.385 e. The van der Waals surface area contributed by atoms with Crippen LogP contribution < -0.4 is 10.0 Å². The number of hydrogen-bond donors (Lipinski definition) is 2. The lowest BCUT2D eigenvalue weighted by atomic mass is 10.3. The summed E-state index contributed by atoms with van der Waals surface area (Å²) in [6.07, 6.45) is 0. The van der Waals surface area contributed by atoms with Gasteiger partial charge >= 0.3 is 0 Å². The third kappa shape index (κ3) is 3.65. The zero-order valence-electron chi connectivity index (χ0n) is 10.9. The van der Waals surface area contributed by atoms with E-state index in [0.29, 0.717) is 10.7 Å². The van der Waals surface area contributed by atoms with E-state index in [9.17, 15) is 8.42 Å². The Balaban J connectivity index is 2.21. The van der Waals surface area contributed by atoms with Crippen LogP contribution in [-0.2, 0) is 10.0 Å². The van der Waals surface area contributed by atoms with Gasteiger partial charge in [-0.25, -0.2) is 8.42 Å². The molecule has 0 fully saturated rings. The van der Waals surface area contributed by atoms with Crippen LogP contribution in [0.1, 0.15) is 6.92 Å². The second-order valence-electron chi connectivity index (χ2n) is 4.17. The van der Waals surface area contributed by atoms with Gasteiger partial charge in [0.05, 0.1) is 10.6 Å². The summed E-state index contributed by atoms with van der Waals surface area (Å²) in [6.45, 7) is 2.76. The van der Waals surface area contributed by atoms with Crippen LogP contribution in [0.4, 0.5) is 11.4 Å². The quantitative estimate of drug-likeness (QED) is 0.887. The van der Waals surface area contributed by atoms with Crippen molar-refractivity contribution in [3.05, 3.63) is 53.6 Å². The van der Waals surface area contributed by atoms with Crippen LogP contribution in [0, 0.1) is 0 Å². The second-order valence-corrected chi connectivity index (χ2v) is 6.29. The Hall–Kier alpha value is -1.72. The van der Waals surface area contributed by atoms with Crippen LogP contribution in [0.3, 0.4) is 0 Å². The maximum absolute atomic E-state index is 12.2. The molecule has 0 spiro atoms. The van der Waals surface area contributed by atoms with E-state index in [1.165, 1.54) is 0 Å². The summed E-state index contributed by atoms with van der Waals surface area (Å²) >= 11 is 5.83. The monoisotopic (exact) mass is 310 g/mol. The lowest BCUT2D eigenvalue weighted by Crippen LogP contribution is -2.12. The molecule has 0 aliphatic rings. The molecule has 106 valence electrons. The molecule has 20 heavy (non-hydrogen) atoms. The van der Waals surface area contributed by atoms with Crippen molar-refractivity contribution >= 4 is 33.0 Å². The van der Waals surface area contributed by atoms with E-state index in [-0.39, 0.29) is 4.90 Å². The highest BCUT2D eigenvalue weighted by Gasteiger charge is 2.13. The molecule has 2 aromatic carbocycles. The number of nitrogens with one attached hydrogen (secondary N) is 2. The summed E-state index contributed by atoms with van der Waals surface area (Å²) in [5, 5.41) is 3.59. The molecule has 2 N–H and O–H groups in total. The molecule has 4 nitrogen and oxygen atoms in total. The van der Waals surface area contributed by atoms with E-state index in [1.54, 1.807) is 48.5 Å². The maximum atomic E-state index is 12.2. The lowest BCUT2D eigenvalue weighted by Gasteiger charge is -2.09. The molecule has 2 rings (SSSR count). The third-order valence-corrected chi connectivity index (χ3v) is 4.25. The van der Waals surface area contributed by atoms with E-state index in [2.05, 4.69) is 10.0 Å². The first-order chi connectivity index (χ1) is 9.51. The molecule has 2 aromatic rings. The van der Waals surface area contributed by atoms with Crippen LogP contribution in [0.2, 0.25) is 5.02 Å². The van der Waals surface area contributed by atoms with Crippen molar-refractivity contribution in [3.63, 3.8) is 0 Å². The molecule has 0 bridgehead atoms. The average molecular weight is 311 g/mol. The molecule has 6 heteroatoms. The topological polar surface area (TPSA) is 58.2 Å². The van der Waals surface area contributed by atoms with Gasteiger partial charge in [0.15, 0.2) is 0 Å². The third-order valence-electron chi connectivity index (χ3n) is 2.62. The lowest BCUT2D eigenvalue weighted by molar-refractivity contribution is 0.601. The summed E-state index contributed by atoms with van der Waals surface area (Å²) in [5.41, 5.74) is 1.32. The van der Waals surface area contributed by atoms with Crippen molar-refractivity contribution in [1.82, 2.24) is 0 Å². The predicted octanol–water partition coefficient (Wildman–Crippen LogP) is 3.57.